The van der Waals surface area contributed by atoms with E-state index in [4.69, 9.17) is 9.47 Å². The minimum Gasteiger partial charge on any atom is -0.488 e. The van der Waals surface area contributed by atoms with Crippen LogP contribution in [0.3, 0.4) is 0 Å². The summed E-state index contributed by atoms with van der Waals surface area (Å²) in [5, 5.41) is 0. The minimum atomic E-state index is -5.75. The summed E-state index contributed by atoms with van der Waals surface area (Å²) in [4.78, 5) is 0.0420. The topological polar surface area (TPSA) is 52.6 Å². The zero-order valence-electron chi connectivity index (χ0n) is 28.6. The first-order chi connectivity index (χ1) is 22.9. The van der Waals surface area contributed by atoms with Gasteiger partial charge in [0.1, 0.15) is 22.8 Å². The zero-order valence-corrected chi connectivity index (χ0v) is 29.4. The highest BCUT2D eigenvalue weighted by Crippen LogP contribution is 2.56. The molecule has 49 heavy (non-hydrogen) atoms. The molecule has 0 saturated heterocycles. The van der Waals surface area contributed by atoms with E-state index in [1.165, 1.54) is 24.3 Å². The molecule has 3 aromatic carbocycles. The van der Waals surface area contributed by atoms with E-state index in [9.17, 15) is 34.8 Å². The molecule has 268 valence electrons. The van der Waals surface area contributed by atoms with Gasteiger partial charge in [-0.1, -0.05) is 82.2 Å². The first-order valence-corrected chi connectivity index (χ1v) is 17.9. The molecule has 0 fully saturated rings. The van der Waals surface area contributed by atoms with Crippen molar-refractivity contribution < 1.29 is 44.2 Å². The fourth-order valence-electron chi connectivity index (χ4n) is 5.35. The number of hydrogen-bond acceptors (Lipinski definition) is 4. The highest BCUT2D eigenvalue weighted by Gasteiger charge is 2.72. The van der Waals surface area contributed by atoms with Crippen molar-refractivity contribution in [2.45, 2.75) is 95.5 Å². The molecule has 0 aliphatic rings. The molecule has 1 atom stereocenters. The molecule has 0 bridgehead atoms. The van der Waals surface area contributed by atoms with Crippen LogP contribution in [0.1, 0.15) is 78.4 Å². The number of alkyl halides is 6. The molecule has 3 aromatic rings. The number of rotatable bonds is 15. The second-order valence-corrected chi connectivity index (χ2v) is 14.4. The molecule has 3 rings (SSSR count). The summed E-state index contributed by atoms with van der Waals surface area (Å²) in [6.07, 6.45) is -3.20. The van der Waals surface area contributed by atoms with E-state index < -0.39 is 44.3 Å². The molecule has 1 unspecified atom stereocenters. The van der Waals surface area contributed by atoms with Crippen LogP contribution in [-0.2, 0) is 15.3 Å². The van der Waals surface area contributed by atoms with E-state index in [1.807, 2.05) is 39.8 Å². The van der Waals surface area contributed by atoms with Crippen LogP contribution in [-0.4, -0.2) is 32.1 Å². The fourth-order valence-corrected chi connectivity index (χ4v) is 6.53. The molecule has 0 aliphatic heterocycles. The lowest BCUT2D eigenvalue weighted by Gasteiger charge is -2.38. The molecule has 0 aliphatic carbocycles. The molecule has 0 heterocycles. The van der Waals surface area contributed by atoms with Crippen molar-refractivity contribution in [1.29, 1.82) is 0 Å². The standard InChI is InChI=1S/C38H44F6O4S/c1-7-11-28(26-27(5)8-2)24-25-49(45,46)34-22-20-32(21-23-34)47-31-16-12-29(13-17-31)36(37(39,40)41,38(42,43)44)30-14-18-33(19-15-30)48-35(6,9-3)10-4/h7,11-24,27H,8-10,25-26H2,1-6H3. The zero-order chi connectivity index (χ0) is 36.7. The highest BCUT2D eigenvalue weighted by molar-refractivity contribution is 7.91. The lowest BCUT2D eigenvalue weighted by molar-refractivity contribution is -0.288. The van der Waals surface area contributed by atoms with Gasteiger partial charge in [0.05, 0.1) is 10.6 Å². The van der Waals surface area contributed by atoms with Gasteiger partial charge in [0.2, 0.25) is 5.41 Å². The van der Waals surface area contributed by atoms with Gasteiger partial charge < -0.3 is 9.47 Å². The van der Waals surface area contributed by atoms with Gasteiger partial charge >= 0.3 is 12.4 Å². The van der Waals surface area contributed by atoms with Crippen LogP contribution in [0.4, 0.5) is 26.3 Å². The van der Waals surface area contributed by atoms with Gasteiger partial charge in [-0.15, -0.1) is 0 Å². The van der Waals surface area contributed by atoms with Gasteiger partial charge in [0, 0.05) is 0 Å². The summed E-state index contributed by atoms with van der Waals surface area (Å²) in [6, 6.07) is 12.8. The van der Waals surface area contributed by atoms with E-state index in [2.05, 4.69) is 13.8 Å². The number of hydrogen-bond donors (Lipinski definition) is 0. The van der Waals surface area contributed by atoms with Gasteiger partial charge in [-0.25, -0.2) is 8.42 Å². The van der Waals surface area contributed by atoms with E-state index in [-0.39, 0.29) is 27.9 Å². The number of sulfone groups is 1. The molecule has 0 N–H and O–H groups in total. The van der Waals surface area contributed by atoms with Crippen molar-refractivity contribution in [2.24, 2.45) is 5.92 Å². The van der Waals surface area contributed by atoms with Gasteiger partial charge in [-0.05, 0) is 98.7 Å². The molecule has 0 aromatic heterocycles. The van der Waals surface area contributed by atoms with E-state index >= 15 is 0 Å². The summed E-state index contributed by atoms with van der Waals surface area (Å²) in [5.41, 5.74) is -6.09. The van der Waals surface area contributed by atoms with Gasteiger partial charge in [0.15, 0.2) is 9.84 Å². The monoisotopic (exact) mass is 710 g/mol. The lowest BCUT2D eigenvalue weighted by Crippen LogP contribution is -2.54. The van der Waals surface area contributed by atoms with Crippen LogP contribution in [0.5, 0.6) is 17.2 Å². The Balaban J connectivity index is 1.89. The minimum absolute atomic E-state index is 0.0382. The maximum absolute atomic E-state index is 14.7. The lowest BCUT2D eigenvalue weighted by atomic mass is 9.73. The fraction of sp³-hybridized carbons (Fsp3) is 0.421. The van der Waals surface area contributed by atoms with Crippen molar-refractivity contribution in [1.82, 2.24) is 0 Å². The van der Waals surface area contributed by atoms with Crippen molar-refractivity contribution in [2.75, 3.05) is 5.75 Å². The molecule has 4 nitrogen and oxygen atoms in total. The average Bonchev–Trinajstić information content (AvgIpc) is 3.04. The maximum atomic E-state index is 14.7. The highest BCUT2D eigenvalue weighted by atomic mass is 32.2. The van der Waals surface area contributed by atoms with Crippen molar-refractivity contribution in [3.8, 4) is 17.2 Å². The number of allylic oxidation sites excluding steroid dienone is 3. The van der Waals surface area contributed by atoms with Crippen molar-refractivity contribution in [3.63, 3.8) is 0 Å². The molecule has 0 amide bonds. The molecule has 0 radical (unpaired) electrons. The Hall–Kier alpha value is -3.73. The number of ether oxygens (including phenoxy) is 2. The molecule has 0 saturated carbocycles. The van der Waals surface area contributed by atoms with E-state index in [0.717, 1.165) is 66.9 Å². The first kappa shape index (κ1) is 39.7. The smallest absolute Gasteiger partial charge is 0.411 e. The number of halogens is 6. The SMILES string of the molecule is CC=CC(=CCS(=O)(=O)c1ccc(Oc2ccc(C(c3ccc(OC(C)(CC)CC)cc3)(C(F)(F)F)C(F)(F)F)cc2)cc1)CC(C)CC. The normalized spacial score (nSPS) is 14.2. The van der Waals surface area contributed by atoms with Crippen LogP contribution in [0, 0.1) is 5.92 Å². The van der Waals surface area contributed by atoms with Gasteiger partial charge in [0.25, 0.3) is 0 Å². The summed E-state index contributed by atoms with van der Waals surface area (Å²) in [6.45, 7) is 11.6. The molecular formula is C38H44F6O4S. The Morgan fingerprint density at radius 1 is 0.755 bits per heavy atom. The average molecular weight is 711 g/mol. The third-order valence-corrected chi connectivity index (χ3v) is 10.5. The Morgan fingerprint density at radius 3 is 1.61 bits per heavy atom. The van der Waals surface area contributed by atoms with Gasteiger partial charge in [-0.2, -0.15) is 26.3 Å². The van der Waals surface area contributed by atoms with E-state index in [0.29, 0.717) is 18.8 Å². The summed E-state index contributed by atoms with van der Waals surface area (Å²) in [5.74, 6) is 0.449. The summed E-state index contributed by atoms with van der Waals surface area (Å²) in [7, 11) is -3.68. The van der Waals surface area contributed by atoms with Crippen molar-refractivity contribution >= 4 is 9.84 Å². The predicted molar refractivity (Wildman–Crippen MR) is 181 cm³/mol. The Morgan fingerprint density at radius 2 is 1.20 bits per heavy atom. The van der Waals surface area contributed by atoms with Crippen LogP contribution >= 0.6 is 0 Å². The van der Waals surface area contributed by atoms with Crippen LogP contribution < -0.4 is 9.47 Å². The third-order valence-electron chi connectivity index (χ3n) is 8.93. The third kappa shape index (κ3) is 9.29. The summed E-state index contributed by atoms with van der Waals surface area (Å²) < 4.78 is 126. The predicted octanol–water partition coefficient (Wildman–Crippen LogP) is 11.6. The molecule has 11 heteroatoms. The Labute approximate surface area is 285 Å². The maximum Gasteiger partial charge on any atom is 0.411 e. The largest absolute Gasteiger partial charge is 0.488 e. The Kier molecular flexibility index (Phi) is 12.9. The molecular weight excluding hydrogens is 666 g/mol. The Bertz CT molecular complexity index is 1650. The number of benzene rings is 3. The van der Waals surface area contributed by atoms with Crippen molar-refractivity contribution in [3.05, 3.63) is 108 Å². The van der Waals surface area contributed by atoms with Crippen LogP contribution in [0.2, 0.25) is 0 Å². The first-order valence-electron chi connectivity index (χ1n) is 16.2. The van der Waals surface area contributed by atoms with Crippen LogP contribution in [0.15, 0.2) is 101 Å². The van der Waals surface area contributed by atoms with Crippen LogP contribution in [0.25, 0.3) is 0 Å². The molecule has 0 spiro atoms. The summed E-state index contributed by atoms with van der Waals surface area (Å²) >= 11 is 0. The second kappa shape index (κ2) is 15.9. The quantitative estimate of drug-likeness (QED) is 0.116. The van der Waals surface area contributed by atoms with E-state index in [1.54, 1.807) is 6.08 Å². The van der Waals surface area contributed by atoms with Gasteiger partial charge in [-0.3, -0.25) is 0 Å². The second-order valence-electron chi connectivity index (χ2n) is 12.4.